The zero-order valence-corrected chi connectivity index (χ0v) is 14.2. The third-order valence-corrected chi connectivity index (χ3v) is 4.03. The normalized spacial score (nSPS) is 19.0. The molecule has 1 rings (SSSR count). The minimum absolute atomic E-state index is 0.0364. The first kappa shape index (κ1) is 18.9. The second-order valence-electron chi connectivity index (χ2n) is 7.19. The van der Waals surface area contributed by atoms with Crippen molar-refractivity contribution < 1.29 is 19.4 Å². The molecule has 2 N–H and O–H groups in total. The third-order valence-electron chi connectivity index (χ3n) is 4.03. The molecule has 0 aromatic carbocycles. The molecule has 0 aromatic rings. The fourth-order valence-electron chi connectivity index (χ4n) is 2.75. The molecule has 1 saturated carbocycles. The van der Waals surface area contributed by atoms with Crippen molar-refractivity contribution in [2.75, 3.05) is 6.61 Å². The quantitative estimate of drug-likeness (QED) is 0.790. The average molecular weight is 313 g/mol. The van der Waals surface area contributed by atoms with E-state index in [1.165, 1.54) is 19.3 Å². The van der Waals surface area contributed by atoms with Crippen LogP contribution in [0, 0.1) is 5.92 Å². The highest BCUT2D eigenvalue weighted by Gasteiger charge is 2.25. The Morgan fingerprint density at radius 1 is 1.14 bits per heavy atom. The number of carboxylic acids is 1. The van der Waals surface area contributed by atoms with E-state index in [-0.39, 0.29) is 17.4 Å². The van der Waals surface area contributed by atoms with Crippen LogP contribution in [0.15, 0.2) is 0 Å². The zero-order chi connectivity index (χ0) is 16.6. The van der Waals surface area contributed by atoms with Gasteiger partial charge in [-0.25, -0.2) is 4.79 Å². The summed E-state index contributed by atoms with van der Waals surface area (Å²) in [5.74, 6) is -1.13. The van der Waals surface area contributed by atoms with Crippen molar-refractivity contribution in [3.05, 3.63) is 0 Å². The van der Waals surface area contributed by atoms with Crippen LogP contribution < -0.4 is 5.32 Å². The Balaban J connectivity index is 2.46. The Kier molecular flexibility index (Phi) is 7.87. The molecule has 0 heterocycles. The largest absolute Gasteiger partial charge is 0.480 e. The third kappa shape index (κ3) is 7.78. The molecule has 5 nitrogen and oxygen atoms in total. The van der Waals surface area contributed by atoms with E-state index in [9.17, 15) is 14.7 Å². The lowest BCUT2D eigenvalue weighted by atomic mass is 9.90. The van der Waals surface area contributed by atoms with Crippen LogP contribution in [-0.2, 0) is 14.3 Å². The van der Waals surface area contributed by atoms with Gasteiger partial charge in [0.1, 0.15) is 6.04 Å². The van der Waals surface area contributed by atoms with Crippen molar-refractivity contribution >= 4 is 11.9 Å². The van der Waals surface area contributed by atoms with E-state index in [0.29, 0.717) is 13.0 Å². The number of carbonyl (C=O) groups is 2. The number of aliphatic carboxylic acids is 1. The summed E-state index contributed by atoms with van der Waals surface area (Å²) in [4.78, 5) is 23.6. The van der Waals surface area contributed by atoms with Gasteiger partial charge in [0.15, 0.2) is 0 Å². The maximum atomic E-state index is 12.3. The highest BCUT2D eigenvalue weighted by atomic mass is 16.5. The second-order valence-corrected chi connectivity index (χ2v) is 7.19. The second kappa shape index (κ2) is 9.13. The number of ether oxygens (including phenoxy) is 1. The lowest BCUT2D eigenvalue weighted by Gasteiger charge is -2.24. The van der Waals surface area contributed by atoms with Gasteiger partial charge in [0, 0.05) is 18.9 Å². The Morgan fingerprint density at radius 2 is 1.68 bits per heavy atom. The molecule has 22 heavy (non-hydrogen) atoms. The van der Waals surface area contributed by atoms with Gasteiger partial charge in [0.2, 0.25) is 5.91 Å². The molecule has 1 aliphatic carbocycles. The SMILES string of the molecule is CC(C)(C)OCCC(NC(=O)C1CCCCCCC1)C(=O)O. The molecule has 0 radical (unpaired) electrons. The maximum absolute atomic E-state index is 12.3. The van der Waals surface area contributed by atoms with Gasteiger partial charge in [-0.05, 0) is 33.6 Å². The Morgan fingerprint density at radius 3 is 2.18 bits per heavy atom. The van der Waals surface area contributed by atoms with Crippen LogP contribution in [0.25, 0.3) is 0 Å². The van der Waals surface area contributed by atoms with E-state index in [1.54, 1.807) is 0 Å². The van der Waals surface area contributed by atoms with Crippen molar-refractivity contribution in [1.82, 2.24) is 5.32 Å². The monoisotopic (exact) mass is 313 g/mol. The highest BCUT2D eigenvalue weighted by molar-refractivity contribution is 5.84. The summed E-state index contributed by atoms with van der Waals surface area (Å²) in [6.07, 6.45) is 7.75. The summed E-state index contributed by atoms with van der Waals surface area (Å²) in [5, 5.41) is 12.0. The first-order chi connectivity index (χ1) is 10.3. The lowest BCUT2D eigenvalue weighted by molar-refractivity contribution is -0.143. The van der Waals surface area contributed by atoms with E-state index in [2.05, 4.69) is 5.32 Å². The topological polar surface area (TPSA) is 75.6 Å². The number of carboxylic acid groups (broad SMARTS) is 1. The van der Waals surface area contributed by atoms with Crippen LogP contribution in [0.1, 0.15) is 72.1 Å². The minimum atomic E-state index is -0.989. The number of rotatable bonds is 6. The van der Waals surface area contributed by atoms with Crippen LogP contribution in [0.4, 0.5) is 0 Å². The van der Waals surface area contributed by atoms with Crippen LogP contribution in [0.3, 0.4) is 0 Å². The predicted molar refractivity (Wildman–Crippen MR) is 85.7 cm³/mol. The van der Waals surface area contributed by atoms with Gasteiger partial charge in [0.05, 0.1) is 5.60 Å². The van der Waals surface area contributed by atoms with Crippen LogP contribution in [-0.4, -0.2) is 35.2 Å². The number of hydrogen-bond donors (Lipinski definition) is 2. The zero-order valence-electron chi connectivity index (χ0n) is 14.2. The molecule has 0 aromatic heterocycles. The molecule has 1 aliphatic rings. The van der Waals surface area contributed by atoms with Gasteiger partial charge < -0.3 is 15.2 Å². The van der Waals surface area contributed by atoms with Gasteiger partial charge in [-0.15, -0.1) is 0 Å². The Hall–Kier alpha value is -1.10. The van der Waals surface area contributed by atoms with E-state index in [0.717, 1.165) is 25.7 Å². The molecule has 5 heteroatoms. The average Bonchev–Trinajstić information content (AvgIpc) is 2.35. The smallest absolute Gasteiger partial charge is 0.326 e. The van der Waals surface area contributed by atoms with Crippen molar-refractivity contribution in [3.63, 3.8) is 0 Å². The van der Waals surface area contributed by atoms with Crippen LogP contribution in [0.5, 0.6) is 0 Å². The standard InChI is InChI=1S/C17H31NO4/c1-17(2,3)22-12-11-14(16(20)21)18-15(19)13-9-7-5-4-6-8-10-13/h13-14H,4-12H2,1-3H3,(H,18,19)(H,20,21). The summed E-state index contributed by atoms with van der Waals surface area (Å²) in [5.41, 5.74) is -0.299. The molecular weight excluding hydrogens is 282 g/mol. The molecule has 1 amide bonds. The molecule has 0 saturated heterocycles. The number of carbonyl (C=O) groups excluding carboxylic acids is 1. The molecule has 0 aliphatic heterocycles. The number of hydrogen-bond acceptors (Lipinski definition) is 3. The predicted octanol–water partition coefficient (Wildman–Crippen LogP) is 3.12. The molecule has 1 unspecified atom stereocenters. The van der Waals surface area contributed by atoms with E-state index >= 15 is 0 Å². The molecular formula is C17H31NO4. The summed E-state index contributed by atoms with van der Waals surface area (Å²) < 4.78 is 5.56. The van der Waals surface area contributed by atoms with Crippen LogP contribution >= 0.6 is 0 Å². The molecule has 1 atom stereocenters. The van der Waals surface area contributed by atoms with Crippen molar-refractivity contribution in [2.45, 2.75) is 83.8 Å². The van der Waals surface area contributed by atoms with Gasteiger partial charge in [-0.1, -0.05) is 32.1 Å². The lowest BCUT2D eigenvalue weighted by Crippen LogP contribution is -2.44. The number of amides is 1. The van der Waals surface area contributed by atoms with Gasteiger partial charge >= 0.3 is 5.97 Å². The summed E-state index contributed by atoms with van der Waals surface area (Å²) in [6, 6.07) is -0.861. The van der Waals surface area contributed by atoms with Crippen molar-refractivity contribution in [1.29, 1.82) is 0 Å². The summed E-state index contributed by atoms with van der Waals surface area (Å²) >= 11 is 0. The van der Waals surface area contributed by atoms with E-state index in [4.69, 9.17) is 4.74 Å². The van der Waals surface area contributed by atoms with Crippen LogP contribution in [0.2, 0.25) is 0 Å². The Labute approximate surface area is 133 Å². The van der Waals surface area contributed by atoms with E-state index in [1.807, 2.05) is 20.8 Å². The Bertz CT molecular complexity index is 354. The van der Waals surface area contributed by atoms with Crippen molar-refractivity contribution in [3.8, 4) is 0 Å². The highest BCUT2D eigenvalue weighted by Crippen LogP contribution is 2.22. The molecule has 1 fully saturated rings. The minimum Gasteiger partial charge on any atom is -0.480 e. The number of nitrogens with one attached hydrogen (secondary N) is 1. The maximum Gasteiger partial charge on any atom is 0.326 e. The van der Waals surface area contributed by atoms with Crippen molar-refractivity contribution in [2.24, 2.45) is 5.92 Å². The molecule has 0 spiro atoms. The summed E-state index contributed by atoms with van der Waals surface area (Å²) in [7, 11) is 0. The first-order valence-corrected chi connectivity index (χ1v) is 8.47. The molecule has 0 bridgehead atoms. The molecule has 128 valence electrons. The van der Waals surface area contributed by atoms with Gasteiger partial charge in [-0.3, -0.25) is 4.79 Å². The van der Waals surface area contributed by atoms with Gasteiger partial charge in [-0.2, -0.15) is 0 Å². The first-order valence-electron chi connectivity index (χ1n) is 8.47. The van der Waals surface area contributed by atoms with Gasteiger partial charge in [0.25, 0.3) is 0 Å². The fraction of sp³-hybridized carbons (Fsp3) is 0.882. The van der Waals surface area contributed by atoms with E-state index < -0.39 is 12.0 Å². The summed E-state index contributed by atoms with van der Waals surface area (Å²) in [6.45, 7) is 6.10. The fourth-order valence-corrected chi connectivity index (χ4v) is 2.75.